The first-order valence-corrected chi connectivity index (χ1v) is 5.95. The van der Waals surface area contributed by atoms with Crippen LogP contribution in [-0.4, -0.2) is 52.6 Å². The van der Waals surface area contributed by atoms with Crippen LogP contribution in [0.3, 0.4) is 0 Å². The summed E-state index contributed by atoms with van der Waals surface area (Å²) in [6.07, 6.45) is -0.547. The number of likely N-dealkylation sites (tertiary alicyclic amines) is 1. The predicted molar refractivity (Wildman–Crippen MR) is 63.6 cm³/mol. The summed E-state index contributed by atoms with van der Waals surface area (Å²) in [4.78, 5) is 13.3. The number of hydrogen-bond donors (Lipinski definition) is 2. The number of ether oxygens (including phenoxy) is 1. The average Bonchev–Trinajstić information content (AvgIpc) is 2.19. The molecule has 2 atom stereocenters. The van der Waals surface area contributed by atoms with Crippen LogP contribution in [0.5, 0.6) is 0 Å². The Morgan fingerprint density at radius 2 is 2.12 bits per heavy atom. The molecule has 1 aliphatic rings. The maximum atomic E-state index is 11.8. The van der Waals surface area contributed by atoms with Crippen molar-refractivity contribution in [3.63, 3.8) is 0 Å². The van der Waals surface area contributed by atoms with E-state index < -0.39 is 23.2 Å². The first kappa shape index (κ1) is 14.3. The van der Waals surface area contributed by atoms with Gasteiger partial charge >= 0.3 is 6.09 Å². The lowest BCUT2D eigenvalue weighted by Gasteiger charge is -2.42. The molecule has 0 radical (unpaired) electrons. The zero-order valence-corrected chi connectivity index (χ0v) is 11.1. The van der Waals surface area contributed by atoms with Gasteiger partial charge in [-0.05, 0) is 27.2 Å². The molecule has 0 aromatic rings. The van der Waals surface area contributed by atoms with Crippen LogP contribution in [0.2, 0.25) is 0 Å². The highest BCUT2D eigenvalue weighted by Gasteiger charge is 2.40. The number of nitrogens with zero attached hydrogens (tertiary/aromatic N) is 1. The molecule has 5 nitrogen and oxygen atoms in total. The Hall–Kier alpha value is -0.810. The van der Waals surface area contributed by atoms with E-state index >= 15 is 0 Å². The maximum absolute atomic E-state index is 11.8. The summed E-state index contributed by atoms with van der Waals surface area (Å²) in [6, 6.07) is 0. The third-order valence-corrected chi connectivity index (χ3v) is 3.16. The van der Waals surface area contributed by atoms with Gasteiger partial charge in [-0.2, -0.15) is 0 Å². The van der Waals surface area contributed by atoms with Crippen molar-refractivity contribution in [1.82, 2.24) is 4.90 Å². The van der Waals surface area contributed by atoms with Gasteiger partial charge in [-0.15, -0.1) is 0 Å². The van der Waals surface area contributed by atoms with Crippen LogP contribution in [0, 0.1) is 5.41 Å². The first-order chi connectivity index (χ1) is 7.68. The molecule has 5 heteroatoms. The van der Waals surface area contributed by atoms with Gasteiger partial charge in [-0.3, -0.25) is 0 Å². The number of aliphatic hydroxyl groups is 2. The Bertz CT molecular complexity index is 287. The summed E-state index contributed by atoms with van der Waals surface area (Å²) in [5.41, 5.74) is -1.04. The minimum absolute atomic E-state index is 0.0731. The molecule has 0 aliphatic carbocycles. The molecule has 1 aliphatic heterocycles. The van der Waals surface area contributed by atoms with Crippen molar-refractivity contribution in [2.45, 2.75) is 45.8 Å². The molecule has 0 aromatic carbocycles. The zero-order valence-electron chi connectivity index (χ0n) is 11.1. The number of amides is 1. The highest BCUT2D eigenvalue weighted by Crippen LogP contribution is 2.31. The zero-order chi connectivity index (χ0) is 13.3. The van der Waals surface area contributed by atoms with E-state index in [2.05, 4.69) is 0 Å². The predicted octanol–water partition coefficient (Wildman–Crippen LogP) is 0.987. The van der Waals surface area contributed by atoms with Gasteiger partial charge in [0.05, 0.1) is 19.3 Å². The van der Waals surface area contributed by atoms with E-state index in [4.69, 9.17) is 4.74 Å². The highest BCUT2D eigenvalue weighted by molar-refractivity contribution is 5.68. The minimum atomic E-state index is -0.714. The third kappa shape index (κ3) is 3.57. The molecule has 17 heavy (non-hydrogen) atoms. The molecular weight excluding hydrogens is 222 g/mol. The molecule has 2 N–H and O–H groups in total. The summed E-state index contributed by atoms with van der Waals surface area (Å²) in [5, 5.41) is 19.2. The smallest absolute Gasteiger partial charge is 0.410 e. The third-order valence-electron chi connectivity index (χ3n) is 3.16. The summed E-state index contributed by atoms with van der Waals surface area (Å²) >= 11 is 0. The van der Waals surface area contributed by atoms with Crippen molar-refractivity contribution in [2.24, 2.45) is 5.41 Å². The van der Waals surface area contributed by atoms with Crippen LogP contribution in [0.25, 0.3) is 0 Å². The van der Waals surface area contributed by atoms with Crippen molar-refractivity contribution >= 4 is 6.09 Å². The Morgan fingerprint density at radius 3 is 2.53 bits per heavy atom. The molecular formula is C12H23NO4. The van der Waals surface area contributed by atoms with Crippen LogP contribution in [0.4, 0.5) is 4.79 Å². The number of carbonyl (C=O) groups is 1. The Balaban J connectivity index is 2.58. The summed E-state index contributed by atoms with van der Waals surface area (Å²) in [7, 11) is 0. The van der Waals surface area contributed by atoms with E-state index in [1.807, 2.05) is 27.7 Å². The van der Waals surface area contributed by atoms with Crippen molar-refractivity contribution in [3.8, 4) is 0 Å². The molecule has 0 aromatic heterocycles. The summed E-state index contributed by atoms with van der Waals surface area (Å²) < 4.78 is 5.24. The lowest BCUT2D eigenvalue weighted by atomic mass is 9.79. The van der Waals surface area contributed by atoms with Gasteiger partial charge in [0.1, 0.15) is 5.60 Å². The van der Waals surface area contributed by atoms with Gasteiger partial charge in [0.15, 0.2) is 0 Å². The number of β-amino-alcohol motifs (C(OH)–C–C–N with tert-alkyl or cyclic N) is 1. The van der Waals surface area contributed by atoms with Crippen molar-refractivity contribution in [1.29, 1.82) is 0 Å². The van der Waals surface area contributed by atoms with E-state index in [1.54, 1.807) is 0 Å². The molecule has 1 fully saturated rings. The molecule has 1 saturated heterocycles. The minimum Gasteiger partial charge on any atom is -0.444 e. The van der Waals surface area contributed by atoms with Crippen LogP contribution in [0.1, 0.15) is 34.1 Å². The van der Waals surface area contributed by atoms with Gasteiger partial charge in [0, 0.05) is 12.0 Å². The molecule has 0 unspecified atom stereocenters. The van der Waals surface area contributed by atoms with Crippen LogP contribution >= 0.6 is 0 Å². The maximum Gasteiger partial charge on any atom is 0.410 e. The average molecular weight is 245 g/mol. The lowest BCUT2D eigenvalue weighted by molar-refractivity contribution is -0.0670. The number of rotatable bonds is 1. The molecule has 0 spiro atoms. The van der Waals surface area contributed by atoms with E-state index in [-0.39, 0.29) is 13.2 Å². The van der Waals surface area contributed by atoms with E-state index in [0.29, 0.717) is 13.0 Å². The topological polar surface area (TPSA) is 70.0 Å². The SMILES string of the molecule is CC(C)(C)OC(=O)N1CC[C@](C)(CO)[C@@H](O)C1. The molecule has 1 heterocycles. The second kappa shape index (κ2) is 4.82. The summed E-state index contributed by atoms with van der Waals surface area (Å²) in [6.45, 7) is 7.89. The van der Waals surface area contributed by atoms with Crippen molar-refractivity contribution in [3.05, 3.63) is 0 Å². The van der Waals surface area contributed by atoms with Gasteiger partial charge in [-0.25, -0.2) is 4.79 Å². The molecule has 1 rings (SSSR count). The number of hydrogen-bond acceptors (Lipinski definition) is 4. The van der Waals surface area contributed by atoms with Crippen LogP contribution in [-0.2, 0) is 4.74 Å². The van der Waals surface area contributed by atoms with Gasteiger partial charge < -0.3 is 19.8 Å². The monoisotopic (exact) mass is 245 g/mol. The fourth-order valence-corrected chi connectivity index (χ4v) is 1.75. The van der Waals surface area contributed by atoms with E-state index in [0.717, 1.165) is 0 Å². The van der Waals surface area contributed by atoms with Crippen LogP contribution in [0.15, 0.2) is 0 Å². The van der Waals surface area contributed by atoms with Gasteiger partial charge in [0.2, 0.25) is 0 Å². The fourth-order valence-electron chi connectivity index (χ4n) is 1.75. The number of piperidine rings is 1. The Morgan fingerprint density at radius 1 is 1.53 bits per heavy atom. The van der Waals surface area contributed by atoms with E-state index in [1.165, 1.54) is 4.90 Å². The number of aliphatic hydroxyl groups excluding tert-OH is 2. The highest BCUT2D eigenvalue weighted by atomic mass is 16.6. The standard InChI is InChI=1S/C12H23NO4/c1-11(2,3)17-10(16)13-6-5-12(4,8-14)9(15)7-13/h9,14-15H,5-8H2,1-4H3/t9-,12+/m0/s1. The van der Waals surface area contributed by atoms with Gasteiger partial charge in [-0.1, -0.05) is 6.92 Å². The number of carbonyl (C=O) groups excluding carboxylic acids is 1. The van der Waals surface area contributed by atoms with Crippen molar-refractivity contribution < 1.29 is 19.7 Å². The largest absolute Gasteiger partial charge is 0.444 e. The Labute approximate surface area is 102 Å². The summed E-state index contributed by atoms with van der Waals surface area (Å²) in [5.74, 6) is 0. The fraction of sp³-hybridized carbons (Fsp3) is 0.917. The molecule has 100 valence electrons. The molecule has 0 saturated carbocycles. The molecule has 0 bridgehead atoms. The second-order valence-corrected chi connectivity index (χ2v) is 6.00. The Kier molecular flexibility index (Phi) is 4.04. The lowest BCUT2D eigenvalue weighted by Crippen LogP contribution is -2.53. The van der Waals surface area contributed by atoms with Crippen molar-refractivity contribution in [2.75, 3.05) is 19.7 Å². The second-order valence-electron chi connectivity index (χ2n) is 6.00. The normalized spacial score (nSPS) is 30.2. The van der Waals surface area contributed by atoms with Gasteiger partial charge in [0.25, 0.3) is 0 Å². The first-order valence-electron chi connectivity index (χ1n) is 5.95. The molecule has 1 amide bonds. The van der Waals surface area contributed by atoms with Crippen LogP contribution < -0.4 is 0 Å². The quantitative estimate of drug-likeness (QED) is 0.722. The van der Waals surface area contributed by atoms with E-state index in [9.17, 15) is 15.0 Å².